The van der Waals surface area contributed by atoms with Gasteiger partial charge in [0.25, 0.3) is 11.8 Å². The van der Waals surface area contributed by atoms with Crippen LogP contribution in [-0.2, 0) is 25.5 Å². The molecule has 0 fully saturated rings. The lowest BCUT2D eigenvalue weighted by Gasteiger charge is -2.30. The molecule has 0 bridgehead atoms. The monoisotopic (exact) mass is 430 g/mol. The Morgan fingerprint density at radius 2 is 1.81 bits per heavy atom. The van der Waals surface area contributed by atoms with Crippen LogP contribution < -0.4 is 5.32 Å². The Morgan fingerprint density at radius 1 is 1.16 bits per heavy atom. The highest BCUT2D eigenvalue weighted by Gasteiger charge is 2.42. The van der Waals surface area contributed by atoms with Gasteiger partial charge in [-0.3, -0.25) is 14.5 Å². The molecule has 1 aromatic carbocycles. The van der Waals surface area contributed by atoms with Crippen LogP contribution in [0.15, 0.2) is 42.2 Å². The summed E-state index contributed by atoms with van der Waals surface area (Å²) in [7, 11) is 0. The Hall–Kier alpha value is -2.83. The van der Waals surface area contributed by atoms with Gasteiger partial charge in [-0.2, -0.15) is 0 Å². The minimum Gasteiger partial charge on any atom is -0.496 e. The largest absolute Gasteiger partial charge is 0.496 e. The molecule has 1 heterocycles. The van der Waals surface area contributed by atoms with Gasteiger partial charge in [0.1, 0.15) is 23.4 Å². The summed E-state index contributed by atoms with van der Waals surface area (Å²) >= 11 is 0. The molecule has 7 nitrogen and oxygen atoms in total. The number of hydrogen-bond acceptors (Lipinski definition) is 5. The van der Waals surface area contributed by atoms with E-state index in [2.05, 4.69) is 5.32 Å². The maximum Gasteiger partial charge on any atom is 0.408 e. The lowest BCUT2D eigenvalue weighted by Crippen LogP contribution is -2.53. The van der Waals surface area contributed by atoms with Crippen molar-refractivity contribution >= 4 is 17.9 Å². The van der Waals surface area contributed by atoms with Crippen LogP contribution in [0.2, 0.25) is 0 Å². The number of imide groups is 1. The summed E-state index contributed by atoms with van der Waals surface area (Å²) in [6, 6.07) is 8.18. The van der Waals surface area contributed by atoms with Gasteiger partial charge in [0.15, 0.2) is 0 Å². The highest BCUT2D eigenvalue weighted by molar-refractivity contribution is 6.06. The molecule has 170 valence electrons. The van der Waals surface area contributed by atoms with Gasteiger partial charge in [-0.15, -0.1) is 0 Å². The number of amides is 3. The molecule has 31 heavy (non-hydrogen) atoms. The molecule has 1 N–H and O–H groups in total. The Balaban J connectivity index is 2.28. The number of alkyl carbamates (subject to hydrolysis) is 1. The van der Waals surface area contributed by atoms with Gasteiger partial charge in [-0.05, 0) is 45.6 Å². The number of nitrogens with zero attached hydrogens (tertiary/aromatic N) is 1. The Morgan fingerprint density at radius 3 is 2.35 bits per heavy atom. The maximum absolute atomic E-state index is 13.5. The summed E-state index contributed by atoms with van der Waals surface area (Å²) in [5, 5.41) is 2.66. The minimum absolute atomic E-state index is 0.119. The second-order valence-electron chi connectivity index (χ2n) is 9.06. The third-order valence-corrected chi connectivity index (χ3v) is 4.66. The average molecular weight is 431 g/mol. The zero-order valence-electron chi connectivity index (χ0n) is 19.3. The Labute approximate surface area is 184 Å². The fourth-order valence-electron chi connectivity index (χ4n) is 3.47. The summed E-state index contributed by atoms with van der Waals surface area (Å²) in [4.78, 5) is 39.9. The van der Waals surface area contributed by atoms with E-state index in [-0.39, 0.29) is 5.92 Å². The van der Waals surface area contributed by atoms with E-state index in [1.807, 2.05) is 51.1 Å². The molecule has 2 atom stereocenters. The molecule has 0 aliphatic carbocycles. The van der Waals surface area contributed by atoms with Gasteiger partial charge in [-0.1, -0.05) is 44.2 Å². The summed E-state index contributed by atoms with van der Waals surface area (Å²) in [6.07, 6.45) is 1.50. The fraction of sp³-hybridized carbons (Fsp3) is 0.542. The van der Waals surface area contributed by atoms with Crippen molar-refractivity contribution in [3.63, 3.8) is 0 Å². The molecule has 0 saturated heterocycles. The van der Waals surface area contributed by atoms with Crippen molar-refractivity contribution in [1.82, 2.24) is 10.2 Å². The van der Waals surface area contributed by atoms with Crippen molar-refractivity contribution in [3.8, 4) is 0 Å². The number of hydrogen-bond donors (Lipinski definition) is 1. The van der Waals surface area contributed by atoms with Gasteiger partial charge in [0.05, 0.1) is 6.61 Å². The van der Waals surface area contributed by atoms with Crippen LogP contribution in [0.3, 0.4) is 0 Å². The molecular formula is C24H34N2O5. The van der Waals surface area contributed by atoms with Crippen LogP contribution >= 0.6 is 0 Å². The molecule has 0 unspecified atom stereocenters. The van der Waals surface area contributed by atoms with Crippen molar-refractivity contribution in [2.75, 3.05) is 6.61 Å². The molecule has 2 rings (SSSR count). The molecule has 3 amide bonds. The Kier molecular flexibility index (Phi) is 8.25. The van der Waals surface area contributed by atoms with E-state index < -0.39 is 35.6 Å². The van der Waals surface area contributed by atoms with Crippen molar-refractivity contribution in [3.05, 3.63) is 47.7 Å². The van der Waals surface area contributed by atoms with Crippen LogP contribution in [0, 0.1) is 5.92 Å². The summed E-state index contributed by atoms with van der Waals surface area (Å²) in [5.74, 6) is -0.315. The molecular weight excluding hydrogens is 396 g/mol. The van der Waals surface area contributed by atoms with E-state index in [4.69, 9.17) is 9.47 Å². The summed E-state index contributed by atoms with van der Waals surface area (Å²) in [6.45, 7) is 11.4. The lowest BCUT2D eigenvalue weighted by molar-refractivity contribution is -0.145. The van der Waals surface area contributed by atoms with Crippen molar-refractivity contribution in [2.45, 2.75) is 72.1 Å². The molecule has 1 aliphatic rings. The first kappa shape index (κ1) is 24.4. The van der Waals surface area contributed by atoms with Gasteiger partial charge in [-0.25, -0.2) is 4.79 Å². The highest BCUT2D eigenvalue weighted by Crippen LogP contribution is 2.26. The minimum atomic E-state index is -0.883. The second kappa shape index (κ2) is 10.5. The third-order valence-electron chi connectivity index (χ3n) is 4.66. The fourth-order valence-corrected chi connectivity index (χ4v) is 3.47. The zero-order chi connectivity index (χ0) is 23.2. The molecule has 1 aliphatic heterocycles. The normalized spacial score (nSPS) is 17.4. The third kappa shape index (κ3) is 7.12. The number of carbonyl (C=O) groups excluding carboxylic acids is 3. The first-order valence-electron chi connectivity index (χ1n) is 10.8. The predicted molar refractivity (Wildman–Crippen MR) is 118 cm³/mol. The first-order chi connectivity index (χ1) is 14.5. The van der Waals surface area contributed by atoms with Crippen molar-refractivity contribution in [1.29, 1.82) is 0 Å². The van der Waals surface area contributed by atoms with Crippen LogP contribution in [0.1, 0.15) is 53.5 Å². The number of rotatable bonds is 8. The second-order valence-corrected chi connectivity index (χ2v) is 9.06. The Bertz CT molecular complexity index is 811. The van der Waals surface area contributed by atoms with Gasteiger partial charge < -0.3 is 14.8 Å². The first-order valence-corrected chi connectivity index (χ1v) is 10.8. The van der Waals surface area contributed by atoms with Crippen LogP contribution in [0.25, 0.3) is 0 Å². The van der Waals surface area contributed by atoms with Gasteiger partial charge >= 0.3 is 6.09 Å². The van der Waals surface area contributed by atoms with Gasteiger partial charge in [0, 0.05) is 12.5 Å². The molecule has 0 radical (unpaired) electrons. The van der Waals surface area contributed by atoms with Crippen molar-refractivity contribution < 1.29 is 23.9 Å². The van der Waals surface area contributed by atoms with E-state index in [0.717, 1.165) is 5.56 Å². The number of carbonyl (C=O) groups is 3. The molecule has 0 spiro atoms. The average Bonchev–Trinajstić information content (AvgIpc) is 2.95. The quantitative estimate of drug-likeness (QED) is 0.678. The standard InChI is InChI=1S/C24H34N2O5/c1-7-30-20-15-21(27)26(19(20)14-17-11-9-8-10-12-17)22(28)18(13-16(2)3)25-23(29)31-24(4,5)6/h8-12,15-16,18-19H,7,13-14H2,1-6H3,(H,25,29)/t18-,19-/m0/s1. The van der Waals surface area contributed by atoms with Crippen molar-refractivity contribution in [2.24, 2.45) is 5.92 Å². The SMILES string of the molecule is CCOC1=CC(=O)N(C(=O)[C@H](CC(C)C)NC(=O)OC(C)(C)C)[C@H]1Cc1ccccc1. The lowest BCUT2D eigenvalue weighted by atomic mass is 10.0. The van der Waals surface area contributed by atoms with E-state index in [0.29, 0.717) is 25.2 Å². The van der Waals surface area contributed by atoms with E-state index >= 15 is 0 Å². The topological polar surface area (TPSA) is 84.9 Å². The van der Waals surface area contributed by atoms with E-state index in [9.17, 15) is 14.4 Å². The summed E-state index contributed by atoms with van der Waals surface area (Å²) in [5.41, 5.74) is 0.282. The van der Waals surface area contributed by atoms with Gasteiger partial charge in [0.2, 0.25) is 0 Å². The number of nitrogens with one attached hydrogen (secondary N) is 1. The number of benzene rings is 1. The summed E-state index contributed by atoms with van der Waals surface area (Å²) < 4.78 is 11.0. The highest BCUT2D eigenvalue weighted by atomic mass is 16.6. The van der Waals surface area contributed by atoms with Crippen LogP contribution in [-0.4, -0.2) is 47.1 Å². The smallest absolute Gasteiger partial charge is 0.408 e. The molecule has 0 aromatic heterocycles. The zero-order valence-corrected chi connectivity index (χ0v) is 19.3. The van der Waals surface area contributed by atoms with E-state index in [1.54, 1.807) is 20.8 Å². The molecule has 7 heteroatoms. The maximum atomic E-state index is 13.5. The predicted octanol–water partition coefficient (Wildman–Crippen LogP) is 3.83. The van der Waals surface area contributed by atoms with E-state index in [1.165, 1.54) is 11.0 Å². The molecule has 1 aromatic rings. The molecule has 0 saturated carbocycles. The van der Waals surface area contributed by atoms with Crippen LogP contribution in [0.5, 0.6) is 0 Å². The number of ether oxygens (including phenoxy) is 2. The van der Waals surface area contributed by atoms with Crippen LogP contribution in [0.4, 0.5) is 4.79 Å².